The molecule has 4 heteroatoms. The molecule has 23 heavy (non-hydrogen) atoms. The van der Waals surface area contributed by atoms with Gasteiger partial charge < -0.3 is 9.84 Å². The predicted molar refractivity (Wildman–Crippen MR) is 93.3 cm³/mol. The van der Waals surface area contributed by atoms with Crippen molar-refractivity contribution in [3.05, 3.63) is 0 Å². The van der Waals surface area contributed by atoms with Crippen LogP contribution >= 0.6 is 0 Å². The van der Waals surface area contributed by atoms with E-state index >= 15 is 0 Å². The molecular weight excluding hydrogens is 292 g/mol. The molecule has 0 unspecified atom stereocenters. The number of carbonyl (C=O) groups is 2. The van der Waals surface area contributed by atoms with Gasteiger partial charge in [0.25, 0.3) is 0 Å². The van der Waals surface area contributed by atoms with Gasteiger partial charge in [0.15, 0.2) is 0 Å². The van der Waals surface area contributed by atoms with Gasteiger partial charge in [-0.3, -0.25) is 9.59 Å². The summed E-state index contributed by atoms with van der Waals surface area (Å²) in [4.78, 5) is 23.3. The number of carbonyl (C=O) groups excluding carboxylic acids is 2. The Kier molecular flexibility index (Phi) is 14.1. The van der Waals surface area contributed by atoms with Crippen molar-refractivity contribution in [2.24, 2.45) is 0 Å². The first-order valence-electron chi connectivity index (χ1n) is 9.35. The van der Waals surface area contributed by atoms with Crippen molar-refractivity contribution in [2.45, 2.75) is 110 Å². The van der Waals surface area contributed by atoms with Crippen LogP contribution in [0.3, 0.4) is 0 Å². The Hall–Kier alpha value is -0.900. The first kappa shape index (κ1) is 22.1. The van der Waals surface area contributed by atoms with Crippen molar-refractivity contribution in [2.75, 3.05) is 0 Å². The topological polar surface area (TPSA) is 63.6 Å². The van der Waals surface area contributed by atoms with E-state index in [0.29, 0.717) is 12.8 Å². The predicted octanol–water partition coefficient (Wildman–Crippen LogP) is 4.57. The Morgan fingerprint density at radius 2 is 1.43 bits per heavy atom. The van der Waals surface area contributed by atoms with Gasteiger partial charge in [0.1, 0.15) is 18.3 Å². The lowest BCUT2D eigenvalue weighted by atomic mass is 10.0. The largest absolute Gasteiger partial charge is 0.462 e. The van der Waals surface area contributed by atoms with Crippen molar-refractivity contribution in [1.82, 2.24) is 0 Å². The summed E-state index contributed by atoms with van der Waals surface area (Å²) in [5.74, 6) is -0.513. The van der Waals surface area contributed by atoms with Crippen molar-refractivity contribution in [3.63, 3.8) is 0 Å². The highest BCUT2D eigenvalue weighted by Crippen LogP contribution is 2.11. The summed E-state index contributed by atoms with van der Waals surface area (Å²) in [6.07, 6.45) is 10.8. The van der Waals surface area contributed by atoms with Crippen LogP contribution in [0.2, 0.25) is 0 Å². The number of unbranched alkanes of at least 4 members (excludes halogenated alkanes) is 8. The van der Waals surface area contributed by atoms with Crippen LogP contribution in [0.25, 0.3) is 0 Å². The lowest BCUT2D eigenvalue weighted by Gasteiger charge is -2.14. The highest BCUT2D eigenvalue weighted by molar-refractivity contribution is 5.95. The molecule has 0 aromatic rings. The summed E-state index contributed by atoms with van der Waals surface area (Å²) in [7, 11) is 0. The van der Waals surface area contributed by atoms with E-state index in [2.05, 4.69) is 6.92 Å². The molecule has 1 N–H and O–H groups in total. The number of aliphatic hydroxyl groups is 1. The third-order valence-corrected chi connectivity index (χ3v) is 3.91. The molecule has 0 aromatic heterocycles. The average molecular weight is 328 g/mol. The second-order valence-corrected chi connectivity index (χ2v) is 6.68. The molecule has 136 valence electrons. The SMILES string of the molecule is CCCCCCCCCCCC(=O)CC(=O)O[C@@H](C)C[C@H](C)O. The van der Waals surface area contributed by atoms with Crippen molar-refractivity contribution >= 4 is 11.8 Å². The molecule has 0 aromatic carbocycles. The zero-order valence-corrected chi connectivity index (χ0v) is 15.3. The Morgan fingerprint density at radius 1 is 0.913 bits per heavy atom. The van der Waals surface area contributed by atoms with Gasteiger partial charge in [0.05, 0.1) is 6.10 Å². The van der Waals surface area contributed by atoms with Crippen molar-refractivity contribution < 1.29 is 19.4 Å². The van der Waals surface area contributed by atoms with Crippen LogP contribution in [0.4, 0.5) is 0 Å². The molecule has 0 bridgehead atoms. The number of hydrogen-bond acceptors (Lipinski definition) is 4. The van der Waals surface area contributed by atoms with E-state index in [-0.39, 0.29) is 18.3 Å². The van der Waals surface area contributed by atoms with E-state index in [4.69, 9.17) is 4.74 Å². The summed E-state index contributed by atoms with van der Waals surface area (Å²) in [6, 6.07) is 0. The Morgan fingerprint density at radius 3 is 1.96 bits per heavy atom. The average Bonchev–Trinajstić information content (AvgIpc) is 2.44. The first-order valence-corrected chi connectivity index (χ1v) is 9.35. The van der Waals surface area contributed by atoms with Crippen LogP contribution in [-0.2, 0) is 14.3 Å². The van der Waals surface area contributed by atoms with Gasteiger partial charge in [0, 0.05) is 12.8 Å². The van der Waals surface area contributed by atoms with Gasteiger partial charge in [-0.2, -0.15) is 0 Å². The zero-order chi connectivity index (χ0) is 17.5. The summed E-state index contributed by atoms with van der Waals surface area (Å²) in [6.45, 7) is 5.61. The first-order chi connectivity index (χ1) is 11.0. The van der Waals surface area contributed by atoms with Crippen LogP contribution < -0.4 is 0 Å². The molecule has 0 saturated heterocycles. The maximum atomic E-state index is 11.7. The van der Waals surface area contributed by atoms with Gasteiger partial charge in [0.2, 0.25) is 0 Å². The Bertz CT molecular complexity index is 312. The minimum atomic E-state index is -0.504. The van der Waals surface area contributed by atoms with Crippen molar-refractivity contribution in [1.29, 1.82) is 0 Å². The van der Waals surface area contributed by atoms with E-state index in [0.717, 1.165) is 12.8 Å². The van der Waals surface area contributed by atoms with Gasteiger partial charge >= 0.3 is 5.97 Å². The number of aliphatic hydroxyl groups excluding tert-OH is 1. The van der Waals surface area contributed by atoms with Crippen LogP contribution in [0, 0.1) is 0 Å². The van der Waals surface area contributed by atoms with E-state index < -0.39 is 12.1 Å². The fourth-order valence-corrected chi connectivity index (χ4v) is 2.68. The van der Waals surface area contributed by atoms with Crippen LogP contribution in [0.5, 0.6) is 0 Å². The number of hydrogen-bond donors (Lipinski definition) is 1. The smallest absolute Gasteiger partial charge is 0.313 e. The molecule has 0 amide bonds. The number of Topliss-reactive ketones (excluding diaryl/α,β-unsaturated/α-hetero) is 1. The quantitative estimate of drug-likeness (QED) is 0.272. The lowest BCUT2D eigenvalue weighted by molar-refractivity contribution is -0.151. The molecular formula is C19H36O4. The second-order valence-electron chi connectivity index (χ2n) is 6.68. The Balaban J connectivity index is 3.51. The molecule has 0 heterocycles. The molecule has 0 aliphatic carbocycles. The molecule has 4 nitrogen and oxygen atoms in total. The highest BCUT2D eigenvalue weighted by atomic mass is 16.5. The molecule has 0 radical (unpaired) electrons. The molecule has 0 saturated carbocycles. The Labute approximate surface area is 142 Å². The summed E-state index contributed by atoms with van der Waals surface area (Å²) in [5.41, 5.74) is 0. The third kappa shape index (κ3) is 15.8. The van der Waals surface area contributed by atoms with E-state index in [9.17, 15) is 14.7 Å². The number of ketones is 1. The fraction of sp³-hybridized carbons (Fsp3) is 0.895. The highest BCUT2D eigenvalue weighted by Gasteiger charge is 2.15. The number of esters is 1. The summed E-state index contributed by atoms with van der Waals surface area (Å²) < 4.78 is 5.10. The van der Waals surface area contributed by atoms with Crippen LogP contribution in [0.15, 0.2) is 0 Å². The van der Waals surface area contributed by atoms with Crippen LogP contribution in [0.1, 0.15) is 97.8 Å². The van der Waals surface area contributed by atoms with Crippen LogP contribution in [-0.4, -0.2) is 29.1 Å². The molecule has 0 spiro atoms. The minimum Gasteiger partial charge on any atom is -0.462 e. The summed E-state index contributed by atoms with van der Waals surface area (Å²) >= 11 is 0. The van der Waals surface area contributed by atoms with E-state index in [1.807, 2.05) is 0 Å². The normalized spacial score (nSPS) is 13.6. The van der Waals surface area contributed by atoms with Gasteiger partial charge in [-0.25, -0.2) is 0 Å². The number of rotatable bonds is 15. The monoisotopic (exact) mass is 328 g/mol. The molecule has 0 aliphatic heterocycles. The van der Waals surface area contributed by atoms with E-state index in [1.54, 1.807) is 13.8 Å². The number of ether oxygens (including phenoxy) is 1. The third-order valence-electron chi connectivity index (χ3n) is 3.91. The maximum Gasteiger partial charge on any atom is 0.313 e. The molecule has 2 atom stereocenters. The zero-order valence-electron chi connectivity index (χ0n) is 15.3. The maximum absolute atomic E-state index is 11.7. The van der Waals surface area contributed by atoms with Crippen molar-refractivity contribution in [3.8, 4) is 0 Å². The fourth-order valence-electron chi connectivity index (χ4n) is 2.68. The van der Waals surface area contributed by atoms with Gasteiger partial charge in [-0.1, -0.05) is 58.3 Å². The molecule has 0 rings (SSSR count). The molecule has 0 aliphatic rings. The summed E-state index contributed by atoms with van der Waals surface area (Å²) in [5, 5.41) is 9.21. The van der Waals surface area contributed by atoms with Gasteiger partial charge in [-0.05, 0) is 20.3 Å². The standard InChI is InChI=1S/C19H36O4/c1-4-5-6-7-8-9-10-11-12-13-18(21)15-19(22)23-17(3)14-16(2)20/h16-17,20H,4-15H2,1-3H3/t16-,17-/m0/s1. The lowest BCUT2D eigenvalue weighted by Crippen LogP contribution is -2.21. The second kappa shape index (κ2) is 14.7. The minimum absolute atomic E-state index is 0.0396. The van der Waals surface area contributed by atoms with Gasteiger partial charge in [-0.15, -0.1) is 0 Å². The molecule has 0 fully saturated rings. The van der Waals surface area contributed by atoms with E-state index in [1.165, 1.54) is 44.9 Å².